The van der Waals surface area contributed by atoms with Crippen LogP contribution in [0.2, 0.25) is 5.02 Å². The number of halogens is 1. The van der Waals surface area contributed by atoms with Gasteiger partial charge in [0.15, 0.2) is 0 Å². The van der Waals surface area contributed by atoms with Crippen LogP contribution >= 0.6 is 11.6 Å². The molecule has 1 fully saturated rings. The number of carbonyl (C=O) groups is 2. The van der Waals surface area contributed by atoms with E-state index in [2.05, 4.69) is 10.6 Å². The SMILES string of the molecule is CC(=O)Nc1ccc(N[C@@H](C)C(=O)N2CCCC2)cc1Cl. The fourth-order valence-corrected chi connectivity index (χ4v) is 2.65. The molecular weight excluding hydrogens is 290 g/mol. The number of nitrogens with one attached hydrogen (secondary N) is 2. The summed E-state index contributed by atoms with van der Waals surface area (Å²) in [6.07, 6.45) is 2.16. The van der Waals surface area contributed by atoms with Crippen LogP contribution < -0.4 is 10.6 Å². The molecule has 1 aliphatic heterocycles. The van der Waals surface area contributed by atoms with Crippen LogP contribution in [0.5, 0.6) is 0 Å². The van der Waals surface area contributed by atoms with Crippen LogP contribution in [0.25, 0.3) is 0 Å². The quantitative estimate of drug-likeness (QED) is 0.899. The lowest BCUT2D eigenvalue weighted by Crippen LogP contribution is -2.39. The number of rotatable bonds is 4. The van der Waals surface area contributed by atoms with Gasteiger partial charge in [-0.15, -0.1) is 0 Å². The van der Waals surface area contributed by atoms with Crippen LogP contribution in [-0.4, -0.2) is 35.8 Å². The lowest BCUT2D eigenvalue weighted by molar-refractivity contribution is -0.130. The first-order valence-electron chi connectivity index (χ1n) is 7.10. The monoisotopic (exact) mass is 309 g/mol. The Labute approximate surface area is 129 Å². The second-order valence-electron chi connectivity index (χ2n) is 5.27. The molecule has 0 radical (unpaired) electrons. The third-order valence-corrected chi connectivity index (χ3v) is 3.76. The first-order valence-corrected chi connectivity index (χ1v) is 7.47. The molecule has 0 aliphatic carbocycles. The number of nitrogens with zero attached hydrogens (tertiary/aromatic N) is 1. The van der Waals surface area contributed by atoms with Crippen molar-refractivity contribution < 1.29 is 9.59 Å². The van der Waals surface area contributed by atoms with E-state index in [0.29, 0.717) is 10.7 Å². The number of amides is 2. The van der Waals surface area contributed by atoms with Crippen molar-refractivity contribution >= 4 is 34.8 Å². The fourth-order valence-electron chi connectivity index (χ4n) is 2.42. The Hall–Kier alpha value is -1.75. The van der Waals surface area contributed by atoms with Gasteiger partial charge in [0.25, 0.3) is 0 Å². The summed E-state index contributed by atoms with van der Waals surface area (Å²) in [6.45, 7) is 4.95. The van der Waals surface area contributed by atoms with E-state index in [1.54, 1.807) is 18.2 Å². The van der Waals surface area contributed by atoms with Gasteiger partial charge in [-0.1, -0.05) is 11.6 Å². The van der Waals surface area contributed by atoms with E-state index in [0.717, 1.165) is 31.6 Å². The van der Waals surface area contributed by atoms with Crippen LogP contribution in [0, 0.1) is 0 Å². The van der Waals surface area contributed by atoms with Crippen molar-refractivity contribution in [2.24, 2.45) is 0 Å². The normalized spacial score (nSPS) is 15.7. The standard InChI is InChI=1S/C15H20ClN3O2/c1-10(15(21)19-7-3-4-8-19)17-12-5-6-14(13(16)9-12)18-11(2)20/h5-6,9-10,17H,3-4,7-8H2,1-2H3,(H,18,20)/t10-/m0/s1. The van der Waals surface area contributed by atoms with Gasteiger partial charge in [-0.05, 0) is 38.0 Å². The largest absolute Gasteiger partial charge is 0.374 e. The van der Waals surface area contributed by atoms with Crippen LogP contribution in [-0.2, 0) is 9.59 Å². The summed E-state index contributed by atoms with van der Waals surface area (Å²) in [6, 6.07) is 4.93. The van der Waals surface area contributed by atoms with Gasteiger partial charge >= 0.3 is 0 Å². The maximum absolute atomic E-state index is 12.2. The number of likely N-dealkylation sites (tertiary alicyclic amines) is 1. The Bertz CT molecular complexity index is 542. The second-order valence-corrected chi connectivity index (χ2v) is 5.68. The number of hydrogen-bond acceptors (Lipinski definition) is 3. The molecule has 21 heavy (non-hydrogen) atoms. The number of hydrogen-bond donors (Lipinski definition) is 2. The van der Waals surface area contributed by atoms with Crippen LogP contribution in [0.1, 0.15) is 26.7 Å². The molecule has 1 saturated heterocycles. The second kappa shape index (κ2) is 6.80. The minimum Gasteiger partial charge on any atom is -0.374 e. The average molecular weight is 310 g/mol. The Morgan fingerprint density at radius 2 is 1.95 bits per heavy atom. The van der Waals surface area contributed by atoms with Gasteiger partial charge < -0.3 is 15.5 Å². The predicted octanol–water partition coefficient (Wildman–Crippen LogP) is 2.72. The highest BCUT2D eigenvalue weighted by Gasteiger charge is 2.23. The van der Waals surface area contributed by atoms with E-state index in [4.69, 9.17) is 11.6 Å². The summed E-state index contributed by atoms with van der Waals surface area (Å²) < 4.78 is 0. The van der Waals surface area contributed by atoms with Crippen molar-refractivity contribution in [1.82, 2.24) is 4.90 Å². The van der Waals surface area contributed by atoms with Gasteiger partial charge in [0.1, 0.15) is 6.04 Å². The molecule has 2 N–H and O–H groups in total. The summed E-state index contributed by atoms with van der Waals surface area (Å²) in [5.41, 5.74) is 1.32. The van der Waals surface area contributed by atoms with Crippen LogP contribution in [0.15, 0.2) is 18.2 Å². The van der Waals surface area contributed by atoms with Gasteiger partial charge in [-0.25, -0.2) is 0 Å². The maximum atomic E-state index is 12.2. The van der Waals surface area contributed by atoms with E-state index in [1.165, 1.54) is 6.92 Å². The zero-order valence-electron chi connectivity index (χ0n) is 12.3. The van der Waals surface area contributed by atoms with Crippen molar-refractivity contribution in [3.63, 3.8) is 0 Å². The summed E-state index contributed by atoms with van der Waals surface area (Å²) >= 11 is 6.11. The molecule has 2 rings (SSSR count). The molecule has 114 valence electrons. The van der Waals surface area contributed by atoms with Crippen molar-refractivity contribution in [2.45, 2.75) is 32.7 Å². The molecule has 1 aromatic carbocycles. The number of benzene rings is 1. The van der Waals surface area contributed by atoms with Crippen molar-refractivity contribution in [2.75, 3.05) is 23.7 Å². The van der Waals surface area contributed by atoms with Gasteiger partial charge in [0, 0.05) is 25.7 Å². The van der Waals surface area contributed by atoms with Gasteiger partial charge in [0.2, 0.25) is 11.8 Å². The summed E-state index contributed by atoms with van der Waals surface area (Å²) in [5.74, 6) is -0.0650. The molecule has 0 saturated carbocycles. The Balaban J connectivity index is 2.00. The van der Waals surface area contributed by atoms with E-state index < -0.39 is 0 Å². The summed E-state index contributed by atoms with van der Waals surface area (Å²) in [4.78, 5) is 25.1. The molecule has 0 bridgehead atoms. The molecule has 1 heterocycles. The summed E-state index contributed by atoms with van der Waals surface area (Å²) in [7, 11) is 0. The molecule has 1 atom stereocenters. The highest BCUT2D eigenvalue weighted by molar-refractivity contribution is 6.34. The third kappa shape index (κ3) is 4.11. The van der Waals surface area contributed by atoms with E-state index in [-0.39, 0.29) is 17.9 Å². The highest BCUT2D eigenvalue weighted by Crippen LogP contribution is 2.26. The lowest BCUT2D eigenvalue weighted by Gasteiger charge is -2.22. The number of anilines is 2. The third-order valence-electron chi connectivity index (χ3n) is 3.45. The van der Waals surface area contributed by atoms with E-state index >= 15 is 0 Å². The minimum atomic E-state index is -0.300. The highest BCUT2D eigenvalue weighted by atomic mass is 35.5. The van der Waals surface area contributed by atoms with Gasteiger partial charge in [-0.3, -0.25) is 9.59 Å². The molecule has 6 heteroatoms. The molecule has 0 unspecified atom stereocenters. The first-order chi connectivity index (χ1) is 9.97. The Morgan fingerprint density at radius 3 is 2.52 bits per heavy atom. The smallest absolute Gasteiger partial charge is 0.244 e. The van der Waals surface area contributed by atoms with Crippen LogP contribution in [0.4, 0.5) is 11.4 Å². The average Bonchev–Trinajstić information content (AvgIpc) is 2.94. The molecule has 1 aromatic rings. The minimum absolute atomic E-state index is 0.106. The van der Waals surface area contributed by atoms with Gasteiger partial charge in [0.05, 0.1) is 10.7 Å². The first kappa shape index (κ1) is 15.6. The Kier molecular flexibility index (Phi) is 5.07. The predicted molar refractivity (Wildman–Crippen MR) is 84.7 cm³/mol. The van der Waals surface area contributed by atoms with Crippen molar-refractivity contribution in [1.29, 1.82) is 0 Å². The Morgan fingerprint density at radius 1 is 1.29 bits per heavy atom. The molecule has 0 aromatic heterocycles. The topological polar surface area (TPSA) is 61.4 Å². The maximum Gasteiger partial charge on any atom is 0.244 e. The molecule has 1 aliphatic rings. The molecule has 2 amide bonds. The van der Waals surface area contributed by atoms with E-state index in [9.17, 15) is 9.59 Å². The van der Waals surface area contributed by atoms with Crippen molar-refractivity contribution in [3.8, 4) is 0 Å². The number of carbonyl (C=O) groups excluding carboxylic acids is 2. The van der Waals surface area contributed by atoms with Crippen molar-refractivity contribution in [3.05, 3.63) is 23.2 Å². The zero-order chi connectivity index (χ0) is 15.4. The zero-order valence-corrected chi connectivity index (χ0v) is 13.0. The van der Waals surface area contributed by atoms with Crippen LogP contribution in [0.3, 0.4) is 0 Å². The van der Waals surface area contributed by atoms with Gasteiger partial charge in [-0.2, -0.15) is 0 Å². The molecular formula is C15H20ClN3O2. The molecule has 5 nitrogen and oxygen atoms in total. The lowest BCUT2D eigenvalue weighted by atomic mass is 10.2. The fraction of sp³-hybridized carbons (Fsp3) is 0.467. The summed E-state index contributed by atoms with van der Waals surface area (Å²) in [5, 5.41) is 6.24. The molecule has 0 spiro atoms. The van der Waals surface area contributed by atoms with E-state index in [1.807, 2.05) is 11.8 Å².